The summed E-state index contributed by atoms with van der Waals surface area (Å²) in [5, 5.41) is 14.2. The summed E-state index contributed by atoms with van der Waals surface area (Å²) in [5.41, 5.74) is 12.1. The van der Waals surface area contributed by atoms with Gasteiger partial charge in [0.05, 0.1) is 30.2 Å². The molecule has 0 spiro atoms. The lowest BCUT2D eigenvalue weighted by Crippen LogP contribution is -2.50. The van der Waals surface area contributed by atoms with Crippen LogP contribution in [0, 0.1) is 11.3 Å². The molecule has 14 nitrogen and oxygen atoms in total. The number of nitriles is 1. The topological polar surface area (TPSA) is 186 Å². The summed E-state index contributed by atoms with van der Waals surface area (Å²) in [7, 11) is 0. The molecule has 0 aromatic carbocycles. The number of nitrogens with two attached hydrogens (primary N) is 2. The second-order valence-corrected chi connectivity index (χ2v) is 13.9. The molecule has 0 radical (unpaired) electrons. The number of anilines is 3. The largest absolute Gasteiger partial charge is 0.444 e. The van der Waals surface area contributed by atoms with Gasteiger partial charge in [-0.05, 0) is 53.9 Å². The molecule has 45 heavy (non-hydrogen) atoms. The van der Waals surface area contributed by atoms with Crippen LogP contribution < -0.4 is 21.3 Å². The number of hydrogen-bond donors (Lipinski definition) is 2. The number of carbonyl (C=O) groups is 2. The molecule has 2 aliphatic heterocycles. The molecule has 242 valence electrons. The van der Waals surface area contributed by atoms with Crippen LogP contribution in [-0.4, -0.2) is 90.3 Å². The third kappa shape index (κ3) is 6.76. The van der Waals surface area contributed by atoms with Crippen LogP contribution in [0.2, 0.25) is 0 Å². The van der Waals surface area contributed by atoms with E-state index in [0.29, 0.717) is 85.9 Å². The van der Waals surface area contributed by atoms with Gasteiger partial charge in [0.1, 0.15) is 28.2 Å². The molecule has 0 unspecified atom stereocenters. The Kier molecular flexibility index (Phi) is 9.09. The van der Waals surface area contributed by atoms with E-state index in [1.165, 1.54) is 11.3 Å². The number of thiophene rings is 1. The Hall–Kier alpha value is -4.16. The van der Waals surface area contributed by atoms with Crippen molar-refractivity contribution in [3.8, 4) is 6.07 Å². The van der Waals surface area contributed by atoms with Gasteiger partial charge in [-0.15, -0.1) is 11.3 Å². The van der Waals surface area contributed by atoms with Gasteiger partial charge in [0.25, 0.3) is 0 Å². The van der Waals surface area contributed by atoms with E-state index in [1.54, 1.807) is 17.9 Å². The van der Waals surface area contributed by atoms with Crippen molar-refractivity contribution in [1.82, 2.24) is 14.9 Å². The van der Waals surface area contributed by atoms with Crippen LogP contribution in [0.25, 0.3) is 0 Å². The number of ether oxygens (including phenoxy) is 2. The minimum absolute atomic E-state index is 0.0229. The van der Waals surface area contributed by atoms with Crippen molar-refractivity contribution in [1.29, 1.82) is 5.26 Å². The number of aryl methyl sites for hydroxylation is 1. The average Bonchev–Trinajstić information content (AvgIpc) is 3.35. The molecule has 0 saturated carbocycles. The van der Waals surface area contributed by atoms with Crippen molar-refractivity contribution >= 4 is 46.0 Å². The summed E-state index contributed by atoms with van der Waals surface area (Å²) in [4.78, 5) is 47.8. The number of rotatable bonds is 5. The second kappa shape index (κ2) is 12.7. The summed E-state index contributed by atoms with van der Waals surface area (Å²) < 4.78 is 11.2. The first-order chi connectivity index (χ1) is 21.3. The van der Waals surface area contributed by atoms with Crippen LogP contribution in [-0.2, 0) is 30.9 Å². The number of morpholine rings is 1. The van der Waals surface area contributed by atoms with Crippen molar-refractivity contribution in [2.75, 3.05) is 61.5 Å². The first-order valence-electron chi connectivity index (χ1n) is 15.1. The van der Waals surface area contributed by atoms with Gasteiger partial charge in [-0.25, -0.2) is 14.6 Å². The van der Waals surface area contributed by atoms with Gasteiger partial charge in [-0.3, -0.25) is 0 Å². The van der Waals surface area contributed by atoms with Crippen LogP contribution in [0.3, 0.4) is 0 Å². The van der Waals surface area contributed by atoms with Crippen LogP contribution in [0.15, 0.2) is 11.2 Å². The van der Waals surface area contributed by atoms with E-state index >= 15 is 0 Å². The SMILES string of the molecule is C[C@H]1COCCN1c1nc(/C(N)=N/OC(=O)[C@@]2(C)CCCc3sc(N)c(C#N)c32)cc(N2CCN(C(=O)OC(C)(C)C)CC2)n1. The number of aromatic nitrogens is 2. The van der Waals surface area contributed by atoms with Gasteiger partial charge in [0, 0.05) is 49.2 Å². The molecule has 1 aliphatic carbocycles. The summed E-state index contributed by atoms with van der Waals surface area (Å²) in [5.74, 6) is 0.355. The van der Waals surface area contributed by atoms with E-state index in [4.69, 9.17) is 35.7 Å². The molecule has 2 aromatic rings. The fourth-order valence-corrected chi connectivity index (χ4v) is 7.04. The fraction of sp³-hybridized carbons (Fsp3) is 0.600. The normalized spacial score (nSPS) is 22.4. The number of nitrogens with zero attached hydrogens (tertiary/aromatic N) is 7. The van der Waals surface area contributed by atoms with Gasteiger partial charge in [0.15, 0.2) is 5.84 Å². The maximum absolute atomic E-state index is 13.5. The monoisotopic (exact) mass is 639 g/mol. The molecule has 1 amide bonds. The van der Waals surface area contributed by atoms with Crippen molar-refractivity contribution < 1.29 is 23.9 Å². The van der Waals surface area contributed by atoms with Crippen molar-refractivity contribution in [3.05, 3.63) is 27.8 Å². The molecule has 4 N–H and O–H groups in total. The highest BCUT2D eigenvalue weighted by Crippen LogP contribution is 2.46. The lowest BCUT2D eigenvalue weighted by Gasteiger charge is -2.37. The van der Waals surface area contributed by atoms with Gasteiger partial charge < -0.3 is 40.5 Å². The Morgan fingerprint density at radius 2 is 1.96 bits per heavy atom. The number of hydrogen-bond acceptors (Lipinski definition) is 13. The van der Waals surface area contributed by atoms with Crippen LogP contribution >= 0.6 is 11.3 Å². The summed E-state index contributed by atoms with van der Waals surface area (Å²) in [6.45, 7) is 12.9. The maximum atomic E-state index is 13.5. The lowest BCUT2D eigenvalue weighted by molar-refractivity contribution is -0.150. The molecule has 5 rings (SSSR count). The average molecular weight is 640 g/mol. The van der Waals surface area contributed by atoms with Crippen molar-refractivity contribution in [3.63, 3.8) is 0 Å². The molecule has 2 atom stereocenters. The van der Waals surface area contributed by atoms with Gasteiger partial charge in [-0.1, -0.05) is 5.16 Å². The third-order valence-corrected chi connectivity index (χ3v) is 9.35. The first-order valence-corrected chi connectivity index (χ1v) is 16.0. The van der Waals surface area contributed by atoms with Crippen LogP contribution in [0.4, 0.5) is 21.6 Å². The molecule has 15 heteroatoms. The summed E-state index contributed by atoms with van der Waals surface area (Å²) in [6.07, 6.45) is 1.64. The Bertz CT molecular complexity index is 1520. The van der Waals surface area contributed by atoms with Crippen LogP contribution in [0.5, 0.6) is 0 Å². The lowest BCUT2D eigenvalue weighted by atomic mass is 9.72. The fourth-order valence-electron chi connectivity index (χ4n) is 5.85. The number of fused-ring (bicyclic) bond motifs is 1. The van der Waals surface area contributed by atoms with Gasteiger partial charge in [-0.2, -0.15) is 10.2 Å². The minimum Gasteiger partial charge on any atom is -0.444 e. The van der Waals surface area contributed by atoms with E-state index in [0.717, 1.165) is 17.7 Å². The van der Waals surface area contributed by atoms with Gasteiger partial charge in [0.2, 0.25) is 5.95 Å². The number of nitrogen functional groups attached to an aromatic ring is 1. The standard InChI is InChI=1S/C30H41N9O5S/c1-18-17-42-14-13-39(18)27-34-20(15-22(35-27)37-9-11-38(12-10-37)28(41)43-29(2,3)4)24(32)36-44-26(40)30(5)8-6-7-21-23(30)19(16-31)25(33)45-21/h15,18H,6-14,17,33H2,1-5H3,(H2,32,36)/t18-,30-/m0/s1. The molecular formula is C30H41N9O5S. The van der Waals surface area contributed by atoms with Crippen molar-refractivity contribution in [2.45, 2.75) is 70.9 Å². The Balaban J connectivity index is 1.39. The molecule has 2 fully saturated rings. The zero-order chi connectivity index (χ0) is 32.5. The van der Waals surface area contributed by atoms with E-state index in [2.05, 4.69) is 16.1 Å². The zero-order valence-electron chi connectivity index (χ0n) is 26.5. The maximum Gasteiger partial charge on any atom is 0.410 e. The van der Waals surface area contributed by atoms with E-state index in [1.807, 2.05) is 32.6 Å². The first kappa shape index (κ1) is 32.2. The highest BCUT2D eigenvalue weighted by atomic mass is 32.1. The second-order valence-electron chi connectivity index (χ2n) is 12.8. The van der Waals surface area contributed by atoms with E-state index in [-0.39, 0.29) is 18.0 Å². The predicted octanol–water partition coefficient (Wildman–Crippen LogP) is 2.73. The predicted molar refractivity (Wildman–Crippen MR) is 170 cm³/mol. The third-order valence-electron chi connectivity index (χ3n) is 8.27. The Morgan fingerprint density at radius 1 is 1.22 bits per heavy atom. The smallest absolute Gasteiger partial charge is 0.410 e. The highest BCUT2D eigenvalue weighted by Gasteiger charge is 2.45. The Labute approximate surface area is 266 Å². The minimum atomic E-state index is -1.09. The van der Waals surface area contributed by atoms with Gasteiger partial charge >= 0.3 is 12.1 Å². The van der Waals surface area contributed by atoms with Crippen molar-refractivity contribution in [2.24, 2.45) is 10.9 Å². The molecule has 2 saturated heterocycles. The summed E-state index contributed by atoms with van der Waals surface area (Å²) in [6, 6.07) is 3.88. The molecular weight excluding hydrogens is 598 g/mol. The molecule has 3 aliphatic rings. The number of amidine groups is 1. The highest BCUT2D eigenvalue weighted by molar-refractivity contribution is 7.16. The van der Waals surface area contributed by atoms with E-state index in [9.17, 15) is 14.9 Å². The zero-order valence-corrected chi connectivity index (χ0v) is 27.3. The summed E-state index contributed by atoms with van der Waals surface area (Å²) >= 11 is 1.34. The molecule has 0 bridgehead atoms. The van der Waals surface area contributed by atoms with Crippen LogP contribution in [0.1, 0.15) is 69.2 Å². The molecule has 4 heterocycles. The number of amides is 1. The number of piperazine rings is 1. The quantitative estimate of drug-likeness (QED) is 0.211. The number of oxime groups is 1. The Morgan fingerprint density at radius 3 is 2.62 bits per heavy atom. The molecule has 2 aromatic heterocycles. The number of carbonyl (C=O) groups excluding carboxylic acids is 2. The van der Waals surface area contributed by atoms with E-state index < -0.39 is 17.0 Å².